The molecular weight excluding hydrogens is 324 g/mol. The lowest BCUT2D eigenvalue weighted by Gasteiger charge is -2.29. The van der Waals surface area contributed by atoms with Crippen LogP contribution in [-0.4, -0.2) is 33.8 Å². The van der Waals surface area contributed by atoms with Gasteiger partial charge in [0.1, 0.15) is 6.04 Å². The quantitative estimate of drug-likeness (QED) is 0.788. The summed E-state index contributed by atoms with van der Waals surface area (Å²) in [5.41, 5.74) is 8.27. The minimum Gasteiger partial charge on any atom is -0.356 e. The van der Waals surface area contributed by atoms with Crippen LogP contribution in [0.3, 0.4) is 0 Å². The van der Waals surface area contributed by atoms with E-state index in [-0.39, 0.29) is 31.3 Å². The van der Waals surface area contributed by atoms with Crippen LogP contribution >= 0.6 is 0 Å². The Kier molecular flexibility index (Phi) is 3.61. The summed E-state index contributed by atoms with van der Waals surface area (Å²) in [6, 6.07) is 6.45. The molecule has 2 aromatic rings. The van der Waals surface area contributed by atoms with Gasteiger partial charge >= 0.3 is 0 Å². The number of nitrogens with two attached hydrogens (primary N) is 1. The maximum atomic E-state index is 12.8. The highest BCUT2D eigenvalue weighted by molar-refractivity contribution is 6.06. The van der Waals surface area contributed by atoms with Crippen LogP contribution in [0.2, 0.25) is 0 Å². The van der Waals surface area contributed by atoms with Crippen molar-refractivity contribution >= 4 is 17.7 Å². The van der Waals surface area contributed by atoms with Gasteiger partial charge in [0.25, 0.3) is 5.91 Å². The molecule has 2 aliphatic heterocycles. The fourth-order valence-electron chi connectivity index (χ4n) is 3.35. The Balaban J connectivity index is 1.68. The van der Waals surface area contributed by atoms with Gasteiger partial charge in [-0.2, -0.15) is 0 Å². The number of carbonyl (C=O) groups is 3. The van der Waals surface area contributed by atoms with E-state index in [9.17, 15) is 14.4 Å². The lowest BCUT2D eigenvalue weighted by molar-refractivity contribution is -0.136. The van der Waals surface area contributed by atoms with Crippen molar-refractivity contribution in [3.8, 4) is 11.3 Å². The first-order valence-electron chi connectivity index (χ1n) is 8.01. The Labute approximate surface area is 142 Å². The zero-order chi connectivity index (χ0) is 17.6. The van der Waals surface area contributed by atoms with Crippen molar-refractivity contribution in [3.63, 3.8) is 0 Å². The Morgan fingerprint density at radius 1 is 1.28 bits per heavy atom. The standard InChI is InChI=1S/C17H16N4O4/c18-7-9-6-14(25-20-9)10-2-1-3-11-12(10)8-21(17(11)24)13-4-5-15(22)19-16(13)23/h1-3,6,13H,4-5,7-8,18H2,(H,19,22,23). The van der Waals surface area contributed by atoms with Crippen LogP contribution in [-0.2, 0) is 22.7 Å². The highest BCUT2D eigenvalue weighted by Crippen LogP contribution is 2.34. The first-order valence-corrected chi connectivity index (χ1v) is 8.01. The molecule has 1 unspecified atom stereocenters. The van der Waals surface area contributed by atoms with Gasteiger partial charge in [-0.05, 0) is 18.1 Å². The second-order valence-corrected chi connectivity index (χ2v) is 6.12. The van der Waals surface area contributed by atoms with Crippen molar-refractivity contribution < 1.29 is 18.9 Å². The fraction of sp³-hybridized carbons (Fsp3) is 0.294. The Hall–Kier alpha value is -3.00. The number of imide groups is 1. The van der Waals surface area contributed by atoms with Crippen LogP contribution in [0.4, 0.5) is 0 Å². The van der Waals surface area contributed by atoms with Gasteiger partial charge in [-0.15, -0.1) is 0 Å². The molecule has 8 nitrogen and oxygen atoms in total. The highest BCUT2D eigenvalue weighted by Gasteiger charge is 2.40. The number of hydrogen-bond acceptors (Lipinski definition) is 6. The van der Waals surface area contributed by atoms with E-state index in [0.29, 0.717) is 23.4 Å². The molecule has 3 N–H and O–H groups in total. The molecule has 0 bridgehead atoms. The number of amides is 3. The molecule has 0 radical (unpaired) electrons. The predicted octanol–water partition coefficient (Wildman–Crippen LogP) is 0.561. The van der Waals surface area contributed by atoms with Gasteiger partial charge in [0.05, 0.1) is 5.69 Å². The average Bonchev–Trinajstić information content (AvgIpc) is 3.20. The summed E-state index contributed by atoms with van der Waals surface area (Å²) in [5, 5.41) is 6.18. The highest BCUT2D eigenvalue weighted by atomic mass is 16.5. The van der Waals surface area contributed by atoms with Crippen molar-refractivity contribution in [3.05, 3.63) is 41.1 Å². The Morgan fingerprint density at radius 3 is 2.80 bits per heavy atom. The second kappa shape index (κ2) is 5.82. The van der Waals surface area contributed by atoms with Crippen LogP contribution in [0.15, 0.2) is 28.8 Å². The topological polar surface area (TPSA) is 119 Å². The van der Waals surface area contributed by atoms with Gasteiger partial charge in [-0.25, -0.2) is 0 Å². The molecule has 1 aromatic heterocycles. The van der Waals surface area contributed by atoms with Crippen molar-refractivity contribution in [2.75, 3.05) is 0 Å². The summed E-state index contributed by atoms with van der Waals surface area (Å²) in [4.78, 5) is 37.7. The third-order valence-electron chi connectivity index (χ3n) is 4.62. The Bertz CT molecular complexity index is 889. The molecule has 3 amide bonds. The first kappa shape index (κ1) is 15.5. The first-order chi connectivity index (χ1) is 12.1. The van der Waals surface area contributed by atoms with E-state index in [1.807, 2.05) is 6.07 Å². The van der Waals surface area contributed by atoms with E-state index < -0.39 is 11.9 Å². The van der Waals surface area contributed by atoms with Crippen molar-refractivity contribution in [2.45, 2.75) is 32.0 Å². The second-order valence-electron chi connectivity index (χ2n) is 6.12. The van der Waals surface area contributed by atoms with E-state index in [0.717, 1.165) is 11.1 Å². The van der Waals surface area contributed by atoms with Gasteiger partial charge in [-0.1, -0.05) is 17.3 Å². The molecule has 1 fully saturated rings. The minimum absolute atomic E-state index is 0.218. The summed E-state index contributed by atoms with van der Waals surface area (Å²) < 4.78 is 5.33. The van der Waals surface area contributed by atoms with Crippen LogP contribution in [0.25, 0.3) is 11.3 Å². The summed E-state index contributed by atoms with van der Waals surface area (Å²) in [6.45, 7) is 0.551. The number of nitrogens with zero attached hydrogens (tertiary/aromatic N) is 2. The molecule has 1 aromatic carbocycles. The molecule has 1 saturated heterocycles. The average molecular weight is 340 g/mol. The minimum atomic E-state index is -0.639. The number of carbonyl (C=O) groups excluding carboxylic acids is 3. The zero-order valence-electron chi connectivity index (χ0n) is 13.3. The molecule has 0 saturated carbocycles. The van der Waals surface area contributed by atoms with Gasteiger partial charge in [0.2, 0.25) is 11.8 Å². The molecular formula is C17H16N4O4. The van der Waals surface area contributed by atoms with E-state index in [4.69, 9.17) is 10.3 Å². The summed E-state index contributed by atoms with van der Waals surface area (Å²) in [6.07, 6.45) is 0.560. The summed E-state index contributed by atoms with van der Waals surface area (Å²) in [7, 11) is 0. The number of aromatic nitrogens is 1. The zero-order valence-corrected chi connectivity index (χ0v) is 13.3. The normalized spacial score (nSPS) is 20.0. The summed E-state index contributed by atoms with van der Waals surface area (Å²) in [5.74, 6) is -0.411. The monoisotopic (exact) mass is 340 g/mol. The van der Waals surface area contributed by atoms with Crippen molar-refractivity contribution in [1.29, 1.82) is 0 Å². The van der Waals surface area contributed by atoms with Gasteiger partial charge < -0.3 is 15.2 Å². The molecule has 8 heteroatoms. The Morgan fingerprint density at radius 2 is 2.08 bits per heavy atom. The van der Waals surface area contributed by atoms with Crippen LogP contribution in [0.1, 0.15) is 34.5 Å². The number of hydrogen-bond donors (Lipinski definition) is 2. The lowest BCUT2D eigenvalue weighted by atomic mass is 10.0. The summed E-state index contributed by atoms with van der Waals surface area (Å²) >= 11 is 0. The van der Waals surface area contributed by atoms with Gasteiger partial charge in [0, 0.05) is 36.7 Å². The molecule has 0 aliphatic carbocycles. The van der Waals surface area contributed by atoms with Crippen molar-refractivity contribution in [1.82, 2.24) is 15.4 Å². The number of benzene rings is 1. The number of rotatable bonds is 3. The predicted molar refractivity (Wildman–Crippen MR) is 85.9 cm³/mol. The van der Waals surface area contributed by atoms with Crippen LogP contribution in [0, 0.1) is 0 Å². The third-order valence-corrected chi connectivity index (χ3v) is 4.62. The van der Waals surface area contributed by atoms with E-state index >= 15 is 0 Å². The molecule has 4 rings (SSSR count). The molecule has 25 heavy (non-hydrogen) atoms. The molecule has 3 heterocycles. The maximum absolute atomic E-state index is 12.8. The largest absolute Gasteiger partial charge is 0.356 e. The smallest absolute Gasteiger partial charge is 0.255 e. The van der Waals surface area contributed by atoms with E-state index in [1.54, 1.807) is 18.2 Å². The van der Waals surface area contributed by atoms with Crippen LogP contribution < -0.4 is 11.1 Å². The molecule has 2 aliphatic rings. The van der Waals surface area contributed by atoms with Gasteiger partial charge in [-0.3, -0.25) is 19.7 Å². The van der Waals surface area contributed by atoms with Gasteiger partial charge in [0.15, 0.2) is 5.76 Å². The third kappa shape index (κ3) is 2.51. The number of nitrogens with one attached hydrogen (secondary N) is 1. The number of piperidine rings is 1. The SMILES string of the molecule is NCc1cc(-c2cccc3c2CN(C2CCC(=O)NC2=O)C3=O)on1. The van der Waals surface area contributed by atoms with Crippen molar-refractivity contribution in [2.24, 2.45) is 5.73 Å². The number of fused-ring (bicyclic) bond motifs is 1. The fourth-order valence-corrected chi connectivity index (χ4v) is 3.35. The molecule has 128 valence electrons. The lowest BCUT2D eigenvalue weighted by Crippen LogP contribution is -2.52. The molecule has 1 atom stereocenters. The maximum Gasteiger partial charge on any atom is 0.255 e. The van der Waals surface area contributed by atoms with E-state index in [1.165, 1.54) is 4.90 Å². The molecule has 0 spiro atoms. The van der Waals surface area contributed by atoms with Crippen LogP contribution in [0.5, 0.6) is 0 Å². The van der Waals surface area contributed by atoms with E-state index in [2.05, 4.69) is 10.5 Å².